The normalized spacial score (nSPS) is 20.5. The second-order valence-corrected chi connectivity index (χ2v) is 5.37. The smallest absolute Gasteiger partial charge is 0.330 e. The van der Waals surface area contributed by atoms with Crippen LogP contribution in [0.5, 0.6) is 0 Å². The number of aromatic amines is 1. The van der Waals surface area contributed by atoms with E-state index in [9.17, 15) is 14.4 Å². The van der Waals surface area contributed by atoms with Gasteiger partial charge in [-0.3, -0.25) is 24.0 Å². The summed E-state index contributed by atoms with van der Waals surface area (Å²) in [4.78, 5) is 43.6. The highest BCUT2D eigenvalue weighted by Gasteiger charge is 2.38. The molecule has 8 heteroatoms. The van der Waals surface area contributed by atoms with Crippen molar-refractivity contribution in [2.45, 2.75) is 45.4 Å². The molecule has 0 saturated carbocycles. The van der Waals surface area contributed by atoms with E-state index in [1.54, 1.807) is 14.0 Å². The molecule has 2 rings (SSSR count). The highest BCUT2D eigenvalue weighted by atomic mass is 16.7. The molecule has 0 aromatic carbocycles. The predicted molar refractivity (Wildman–Crippen MR) is 86.0 cm³/mol. The predicted octanol–water partition coefficient (Wildman–Crippen LogP) is 0.386. The molecule has 0 unspecified atom stereocenters. The number of nitrogens with zero attached hydrogens (tertiary/aromatic N) is 2. The lowest BCUT2D eigenvalue weighted by Gasteiger charge is -2.15. The molecule has 8 nitrogen and oxygen atoms in total. The summed E-state index contributed by atoms with van der Waals surface area (Å²) in [5.41, 5.74) is -0.953. The summed E-state index contributed by atoms with van der Waals surface area (Å²) >= 11 is 0. The maximum absolute atomic E-state index is 12.1. The molecular formula is C16H21N3O5. The fraction of sp³-hybridized carbons (Fsp3) is 0.562. The van der Waals surface area contributed by atoms with Gasteiger partial charge >= 0.3 is 11.7 Å². The molecule has 0 spiro atoms. The molecule has 0 bridgehead atoms. The van der Waals surface area contributed by atoms with E-state index in [1.165, 1.54) is 15.8 Å². The SMILES string of the molecule is CCCC#Cc1cn([C@@H]2C[C@H](C(=O)OCC)N(C)O2)c(=O)[nH]c1=O. The van der Waals surface area contributed by atoms with E-state index in [2.05, 4.69) is 16.8 Å². The minimum atomic E-state index is -0.708. The molecule has 1 aromatic heterocycles. The molecule has 0 radical (unpaired) electrons. The number of likely N-dealkylation sites (N-methyl/N-ethyl adjacent to an activating group) is 1. The number of nitrogens with one attached hydrogen (secondary N) is 1. The van der Waals surface area contributed by atoms with Crippen molar-refractivity contribution in [1.29, 1.82) is 0 Å². The molecule has 1 aliphatic heterocycles. The number of carbonyl (C=O) groups excluding carboxylic acids is 1. The van der Waals surface area contributed by atoms with Crippen LogP contribution in [0.1, 0.15) is 44.9 Å². The van der Waals surface area contributed by atoms with Crippen molar-refractivity contribution in [3.8, 4) is 11.8 Å². The van der Waals surface area contributed by atoms with Gasteiger partial charge in [0, 0.05) is 26.1 Å². The Labute approximate surface area is 139 Å². The van der Waals surface area contributed by atoms with Crippen LogP contribution in [0.15, 0.2) is 15.8 Å². The summed E-state index contributed by atoms with van der Waals surface area (Å²) in [6.07, 6.45) is 2.44. The van der Waals surface area contributed by atoms with Crippen LogP contribution in [0.4, 0.5) is 0 Å². The standard InChI is InChI=1S/C16H21N3O5/c1-4-6-7-8-11-10-19(16(22)17-14(11)20)13-9-12(18(3)24-13)15(21)23-5-2/h10,12-13H,4-6,9H2,1-3H3,(H,17,20,22)/t12-,13+/m1/s1. The molecule has 2 atom stereocenters. The minimum Gasteiger partial charge on any atom is -0.465 e. The lowest BCUT2D eigenvalue weighted by molar-refractivity contribution is -0.182. The third-order valence-corrected chi connectivity index (χ3v) is 3.59. The van der Waals surface area contributed by atoms with Crippen molar-refractivity contribution in [1.82, 2.24) is 14.6 Å². The molecule has 1 saturated heterocycles. The third kappa shape index (κ3) is 3.93. The summed E-state index contributed by atoms with van der Waals surface area (Å²) in [6, 6.07) is -0.608. The van der Waals surface area contributed by atoms with Gasteiger partial charge in [0.2, 0.25) is 0 Å². The number of aromatic nitrogens is 2. The zero-order valence-electron chi connectivity index (χ0n) is 14.0. The Kier molecular flexibility index (Phi) is 5.95. The van der Waals surface area contributed by atoms with E-state index in [0.29, 0.717) is 6.42 Å². The van der Waals surface area contributed by atoms with Gasteiger partial charge in [-0.1, -0.05) is 18.8 Å². The van der Waals surface area contributed by atoms with Gasteiger partial charge < -0.3 is 4.74 Å². The van der Waals surface area contributed by atoms with Crippen LogP contribution >= 0.6 is 0 Å². The lowest BCUT2D eigenvalue weighted by atomic mass is 10.2. The van der Waals surface area contributed by atoms with Crippen LogP contribution in [-0.4, -0.2) is 40.3 Å². The molecular weight excluding hydrogens is 314 g/mol. The van der Waals surface area contributed by atoms with E-state index in [-0.39, 0.29) is 18.6 Å². The first kappa shape index (κ1) is 18.0. The second kappa shape index (κ2) is 7.95. The van der Waals surface area contributed by atoms with Gasteiger partial charge in [-0.05, 0) is 13.3 Å². The molecule has 1 fully saturated rings. The van der Waals surface area contributed by atoms with Crippen molar-refractivity contribution in [3.05, 3.63) is 32.6 Å². The number of hydrogen-bond acceptors (Lipinski definition) is 6. The number of esters is 1. The quantitative estimate of drug-likeness (QED) is 0.632. The van der Waals surface area contributed by atoms with Gasteiger partial charge in [0.15, 0.2) is 6.23 Å². The largest absolute Gasteiger partial charge is 0.465 e. The van der Waals surface area contributed by atoms with Crippen molar-refractivity contribution in [3.63, 3.8) is 0 Å². The van der Waals surface area contributed by atoms with Crippen molar-refractivity contribution >= 4 is 5.97 Å². The van der Waals surface area contributed by atoms with E-state index < -0.39 is 29.5 Å². The first-order chi connectivity index (χ1) is 11.5. The van der Waals surface area contributed by atoms with Gasteiger partial charge in [-0.15, -0.1) is 0 Å². The number of carbonyl (C=O) groups is 1. The van der Waals surface area contributed by atoms with Crippen LogP contribution in [0, 0.1) is 11.8 Å². The number of hydroxylamine groups is 2. The van der Waals surface area contributed by atoms with Gasteiger partial charge in [0.1, 0.15) is 11.6 Å². The minimum absolute atomic E-state index is 0.189. The topological polar surface area (TPSA) is 93.6 Å². The zero-order chi connectivity index (χ0) is 17.7. The van der Waals surface area contributed by atoms with Gasteiger partial charge in [0.05, 0.1) is 6.61 Å². The van der Waals surface area contributed by atoms with Crippen molar-refractivity contribution in [2.75, 3.05) is 13.7 Å². The zero-order valence-corrected chi connectivity index (χ0v) is 14.0. The fourth-order valence-electron chi connectivity index (χ4n) is 2.37. The maximum atomic E-state index is 12.1. The lowest BCUT2D eigenvalue weighted by Crippen LogP contribution is -2.33. The third-order valence-electron chi connectivity index (χ3n) is 3.59. The monoisotopic (exact) mass is 335 g/mol. The Morgan fingerprint density at radius 3 is 2.88 bits per heavy atom. The first-order valence-corrected chi connectivity index (χ1v) is 7.88. The number of ether oxygens (including phenoxy) is 1. The van der Waals surface area contributed by atoms with E-state index >= 15 is 0 Å². The maximum Gasteiger partial charge on any atom is 0.330 e. The summed E-state index contributed by atoms with van der Waals surface area (Å²) in [6.45, 7) is 3.97. The average Bonchev–Trinajstić information content (AvgIpc) is 2.91. The van der Waals surface area contributed by atoms with Gasteiger partial charge in [-0.2, -0.15) is 5.06 Å². The summed E-state index contributed by atoms with van der Waals surface area (Å²) in [5.74, 6) is 5.21. The molecule has 24 heavy (non-hydrogen) atoms. The Morgan fingerprint density at radius 2 is 2.21 bits per heavy atom. The van der Waals surface area contributed by atoms with E-state index in [0.717, 1.165) is 6.42 Å². The first-order valence-electron chi connectivity index (χ1n) is 7.88. The van der Waals surface area contributed by atoms with Crippen LogP contribution in [0.2, 0.25) is 0 Å². The van der Waals surface area contributed by atoms with Gasteiger partial charge in [-0.25, -0.2) is 4.79 Å². The summed E-state index contributed by atoms with van der Waals surface area (Å²) in [5, 5.41) is 1.36. The van der Waals surface area contributed by atoms with E-state index in [4.69, 9.17) is 9.57 Å². The molecule has 1 N–H and O–H groups in total. The fourth-order valence-corrected chi connectivity index (χ4v) is 2.37. The number of unbranched alkanes of at least 4 members (excludes halogenated alkanes) is 1. The summed E-state index contributed by atoms with van der Waals surface area (Å²) in [7, 11) is 1.60. The summed E-state index contributed by atoms with van der Waals surface area (Å²) < 4.78 is 6.23. The molecule has 0 amide bonds. The Balaban J connectivity index is 2.28. The van der Waals surface area contributed by atoms with Crippen molar-refractivity contribution in [2.24, 2.45) is 0 Å². The van der Waals surface area contributed by atoms with Crippen LogP contribution in [0.3, 0.4) is 0 Å². The molecule has 2 heterocycles. The Bertz CT molecular complexity index is 770. The van der Waals surface area contributed by atoms with Gasteiger partial charge in [0.25, 0.3) is 5.56 Å². The van der Waals surface area contributed by atoms with Crippen LogP contribution in [0.25, 0.3) is 0 Å². The number of rotatable bonds is 4. The van der Waals surface area contributed by atoms with Crippen LogP contribution < -0.4 is 11.2 Å². The highest BCUT2D eigenvalue weighted by Crippen LogP contribution is 2.27. The van der Waals surface area contributed by atoms with Crippen LogP contribution in [-0.2, 0) is 14.4 Å². The number of hydrogen-bond donors (Lipinski definition) is 1. The Hall–Kier alpha value is -2.37. The van der Waals surface area contributed by atoms with Crippen molar-refractivity contribution < 1.29 is 14.4 Å². The Morgan fingerprint density at radius 1 is 1.46 bits per heavy atom. The average molecular weight is 335 g/mol. The number of H-pyrrole nitrogens is 1. The molecule has 1 aromatic rings. The molecule has 0 aliphatic carbocycles. The molecule has 130 valence electrons. The second-order valence-electron chi connectivity index (χ2n) is 5.37. The highest BCUT2D eigenvalue weighted by molar-refractivity contribution is 5.75. The van der Waals surface area contributed by atoms with E-state index in [1.807, 2.05) is 6.92 Å². The molecule has 1 aliphatic rings.